The number of hydrogen-bond donors (Lipinski definition) is 1. The minimum absolute atomic E-state index is 0.0492. The topological polar surface area (TPSA) is 35.2 Å². The highest BCUT2D eigenvalue weighted by Crippen LogP contribution is 2.26. The van der Waals surface area contributed by atoms with E-state index in [9.17, 15) is 0 Å². The third-order valence-corrected chi connectivity index (χ3v) is 3.29. The van der Waals surface area contributed by atoms with Crippen LogP contribution in [0.15, 0.2) is 12.1 Å². The number of ether oxygens (including phenoxy) is 1. The lowest BCUT2D eigenvalue weighted by atomic mass is 9.95. The normalized spacial score (nSPS) is 11.7. The minimum atomic E-state index is -0.0492. The molecule has 0 bridgehead atoms. The summed E-state index contributed by atoms with van der Waals surface area (Å²) in [5.41, 5.74) is 9.88. The monoisotopic (exact) mass is 249 g/mol. The first-order chi connectivity index (χ1) is 8.33. The highest BCUT2D eigenvalue weighted by molar-refractivity contribution is 5.43. The summed E-state index contributed by atoms with van der Waals surface area (Å²) in [4.78, 5) is 0. The lowest BCUT2D eigenvalue weighted by molar-refractivity contribution is 0.406. The third-order valence-electron chi connectivity index (χ3n) is 3.29. The van der Waals surface area contributed by atoms with Crippen molar-refractivity contribution in [2.75, 3.05) is 7.11 Å². The molecule has 2 N–H and O–H groups in total. The van der Waals surface area contributed by atoms with Gasteiger partial charge in [0.2, 0.25) is 0 Å². The van der Waals surface area contributed by atoms with Crippen molar-refractivity contribution in [3.05, 3.63) is 28.8 Å². The van der Waals surface area contributed by atoms with E-state index in [-0.39, 0.29) is 5.54 Å². The van der Waals surface area contributed by atoms with Crippen molar-refractivity contribution in [1.29, 1.82) is 0 Å². The van der Waals surface area contributed by atoms with E-state index >= 15 is 0 Å². The summed E-state index contributed by atoms with van der Waals surface area (Å²) in [6.45, 7) is 8.45. The van der Waals surface area contributed by atoms with Gasteiger partial charge in [0.15, 0.2) is 0 Å². The number of unbranched alkanes of at least 4 members (excludes halogenated alkanes) is 1. The maximum atomic E-state index is 6.00. The summed E-state index contributed by atoms with van der Waals surface area (Å²) in [6.07, 6.45) is 4.48. The minimum Gasteiger partial charge on any atom is -0.496 e. The van der Waals surface area contributed by atoms with Gasteiger partial charge >= 0.3 is 0 Å². The average Bonchev–Trinajstić information content (AvgIpc) is 2.24. The summed E-state index contributed by atoms with van der Waals surface area (Å²) in [7, 11) is 1.75. The van der Waals surface area contributed by atoms with Crippen LogP contribution in [0.3, 0.4) is 0 Å². The molecule has 0 spiro atoms. The molecule has 1 aromatic rings. The van der Waals surface area contributed by atoms with Gasteiger partial charge in [0.25, 0.3) is 0 Å². The first-order valence-electron chi connectivity index (χ1n) is 6.76. The lowest BCUT2D eigenvalue weighted by Gasteiger charge is -2.18. The summed E-state index contributed by atoms with van der Waals surface area (Å²) in [5.74, 6) is 1.03. The van der Waals surface area contributed by atoms with Crippen molar-refractivity contribution in [3.8, 4) is 5.75 Å². The van der Waals surface area contributed by atoms with Gasteiger partial charge in [-0.1, -0.05) is 12.5 Å². The molecule has 0 unspecified atom stereocenters. The Hall–Kier alpha value is -1.02. The predicted molar refractivity (Wildman–Crippen MR) is 78.3 cm³/mol. The maximum Gasteiger partial charge on any atom is 0.122 e. The summed E-state index contributed by atoms with van der Waals surface area (Å²) < 4.78 is 5.48. The Morgan fingerprint density at radius 2 is 1.83 bits per heavy atom. The molecular formula is C16H27NO. The molecule has 0 fully saturated rings. The second-order valence-electron chi connectivity index (χ2n) is 5.96. The molecule has 0 aliphatic carbocycles. The van der Waals surface area contributed by atoms with Gasteiger partial charge in [-0.05, 0) is 69.7 Å². The molecule has 0 saturated heterocycles. The maximum absolute atomic E-state index is 6.00. The van der Waals surface area contributed by atoms with Crippen LogP contribution in [0.25, 0.3) is 0 Å². The van der Waals surface area contributed by atoms with Crippen molar-refractivity contribution >= 4 is 0 Å². The summed E-state index contributed by atoms with van der Waals surface area (Å²) in [5, 5.41) is 0. The predicted octanol–water partition coefficient (Wildman–Crippen LogP) is 3.76. The molecule has 0 saturated carbocycles. The van der Waals surface area contributed by atoms with E-state index in [1.54, 1.807) is 7.11 Å². The van der Waals surface area contributed by atoms with E-state index in [1.807, 2.05) is 0 Å². The Morgan fingerprint density at radius 1 is 1.17 bits per heavy atom. The van der Waals surface area contributed by atoms with Crippen molar-refractivity contribution in [1.82, 2.24) is 0 Å². The SMILES string of the molecule is COc1cc(C)cc(C)c1CCCCC(C)(C)N. The standard InChI is InChI=1S/C16H27NO/c1-12-10-13(2)14(15(11-12)18-5)8-6-7-9-16(3,4)17/h10-11H,6-9,17H2,1-5H3. The van der Waals surface area contributed by atoms with Crippen LogP contribution < -0.4 is 10.5 Å². The highest BCUT2D eigenvalue weighted by Gasteiger charge is 2.11. The largest absolute Gasteiger partial charge is 0.496 e. The second-order valence-corrected chi connectivity index (χ2v) is 5.96. The van der Waals surface area contributed by atoms with Crippen molar-refractivity contribution in [3.63, 3.8) is 0 Å². The zero-order valence-corrected chi connectivity index (χ0v) is 12.5. The molecule has 0 aliphatic rings. The van der Waals surface area contributed by atoms with Gasteiger partial charge < -0.3 is 10.5 Å². The quantitative estimate of drug-likeness (QED) is 0.779. The Labute approximate surface area is 112 Å². The van der Waals surface area contributed by atoms with Gasteiger partial charge in [0.1, 0.15) is 5.75 Å². The van der Waals surface area contributed by atoms with E-state index in [0.29, 0.717) is 0 Å². The smallest absolute Gasteiger partial charge is 0.122 e. The molecule has 1 aromatic carbocycles. The molecule has 2 nitrogen and oxygen atoms in total. The molecule has 0 radical (unpaired) electrons. The second kappa shape index (κ2) is 6.24. The number of hydrogen-bond acceptors (Lipinski definition) is 2. The zero-order chi connectivity index (χ0) is 13.8. The van der Waals surface area contributed by atoms with Gasteiger partial charge in [0.05, 0.1) is 7.11 Å². The Kier molecular flexibility index (Phi) is 5.21. The van der Waals surface area contributed by atoms with Crippen molar-refractivity contribution < 1.29 is 4.74 Å². The summed E-state index contributed by atoms with van der Waals surface area (Å²) in [6, 6.07) is 4.35. The van der Waals surface area contributed by atoms with Gasteiger partial charge in [-0.3, -0.25) is 0 Å². The van der Waals surface area contributed by atoms with E-state index in [1.165, 1.54) is 29.5 Å². The Morgan fingerprint density at radius 3 is 2.39 bits per heavy atom. The van der Waals surface area contributed by atoms with Gasteiger partial charge in [0, 0.05) is 5.54 Å². The number of benzene rings is 1. The average molecular weight is 249 g/mol. The Bertz CT molecular complexity index is 391. The molecule has 102 valence electrons. The fourth-order valence-corrected chi connectivity index (χ4v) is 2.34. The van der Waals surface area contributed by atoms with Crippen LogP contribution in [0.1, 0.15) is 49.8 Å². The summed E-state index contributed by atoms with van der Waals surface area (Å²) >= 11 is 0. The van der Waals surface area contributed by atoms with Gasteiger partial charge in [-0.15, -0.1) is 0 Å². The van der Waals surface area contributed by atoms with E-state index in [4.69, 9.17) is 10.5 Å². The Balaban J connectivity index is 2.62. The zero-order valence-electron chi connectivity index (χ0n) is 12.5. The van der Waals surface area contributed by atoms with Crippen LogP contribution in [0, 0.1) is 13.8 Å². The van der Waals surface area contributed by atoms with E-state index in [2.05, 4.69) is 39.8 Å². The van der Waals surface area contributed by atoms with E-state index < -0.39 is 0 Å². The molecule has 0 atom stereocenters. The third kappa shape index (κ3) is 4.69. The van der Waals surface area contributed by atoms with Crippen LogP contribution >= 0.6 is 0 Å². The van der Waals surface area contributed by atoms with Crippen molar-refractivity contribution in [2.45, 2.75) is 58.9 Å². The molecule has 0 amide bonds. The first kappa shape index (κ1) is 15.0. The molecule has 0 aromatic heterocycles. The number of nitrogens with two attached hydrogens (primary N) is 1. The van der Waals surface area contributed by atoms with Crippen molar-refractivity contribution in [2.24, 2.45) is 5.73 Å². The van der Waals surface area contributed by atoms with Gasteiger partial charge in [-0.25, -0.2) is 0 Å². The highest BCUT2D eigenvalue weighted by atomic mass is 16.5. The molecule has 18 heavy (non-hydrogen) atoms. The van der Waals surface area contributed by atoms with Crippen LogP contribution in [0.4, 0.5) is 0 Å². The van der Waals surface area contributed by atoms with Crippen LogP contribution in [0.5, 0.6) is 5.75 Å². The molecular weight excluding hydrogens is 222 g/mol. The van der Waals surface area contributed by atoms with E-state index in [0.717, 1.165) is 18.6 Å². The number of aryl methyl sites for hydroxylation is 2. The molecule has 2 heteroatoms. The lowest BCUT2D eigenvalue weighted by Crippen LogP contribution is -2.31. The van der Waals surface area contributed by atoms with Crippen LogP contribution in [0.2, 0.25) is 0 Å². The fraction of sp³-hybridized carbons (Fsp3) is 0.625. The molecule has 0 heterocycles. The number of rotatable bonds is 6. The first-order valence-corrected chi connectivity index (χ1v) is 6.76. The number of methoxy groups -OCH3 is 1. The molecule has 0 aliphatic heterocycles. The van der Waals surface area contributed by atoms with Crippen LogP contribution in [-0.2, 0) is 6.42 Å². The van der Waals surface area contributed by atoms with Gasteiger partial charge in [-0.2, -0.15) is 0 Å². The molecule has 1 rings (SSSR count). The fourth-order valence-electron chi connectivity index (χ4n) is 2.34. The van der Waals surface area contributed by atoms with Crippen LogP contribution in [-0.4, -0.2) is 12.6 Å².